The van der Waals surface area contributed by atoms with E-state index >= 15 is 0 Å². The molecule has 0 fully saturated rings. The van der Waals surface area contributed by atoms with Gasteiger partial charge in [-0.15, -0.1) is 0 Å². The molecule has 0 rings (SSSR count). The maximum absolute atomic E-state index is 11.7. The van der Waals surface area contributed by atoms with Gasteiger partial charge >= 0.3 is 49.7 Å². The number of ether oxygens (including phenoxy) is 1. The van der Waals surface area contributed by atoms with E-state index in [-0.39, 0.29) is 47.2 Å². The standard InChI is InChI=1S/C22H42O7S.Ca.2H/c1-2-3-4-5-6-7-8-9-10-11-12-13-14-15-16-17-18-29-22(25)20(19-21(23)24)30(26,27)28;;;/h20H,2-19H2,1H3,(H,23,24)(H,26,27,28);;;/q;+2;2*-1. The quantitative estimate of drug-likeness (QED) is 0.0957. The van der Waals surface area contributed by atoms with Gasteiger partial charge in [-0.25, -0.2) is 0 Å². The second kappa shape index (κ2) is 21.9. The molecule has 0 aromatic rings. The first kappa shape index (κ1) is 33.3. The molecule has 31 heavy (non-hydrogen) atoms. The van der Waals surface area contributed by atoms with Crippen LogP contribution in [0.3, 0.4) is 0 Å². The van der Waals surface area contributed by atoms with Gasteiger partial charge in [0.25, 0.3) is 10.1 Å². The Morgan fingerprint density at radius 3 is 1.45 bits per heavy atom. The smallest absolute Gasteiger partial charge is 1.00 e. The van der Waals surface area contributed by atoms with Crippen LogP contribution >= 0.6 is 0 Å². The maximum Gasteiger partial charge on any atom is 2.00 e. The number of carbonyl (C=O) groups is 2. The summed E-state index contributed by atoms with van der Waals surface area (Å²) in [7, 11) is -4.79. The summed E-state index contributed by atoms with van der Waals surface area (Å²) >= 11 is 0. The third-order valence-corrected chi connectivity index (χ3v) is 6.30. The van der Waals surface area contributed by atoms with Crippen molar-refractivity contribution in [3.63, 3.8) is 0 Å². The normalized spacial score (nSPS) is 12.2. The fourth-order valence-electron chi connectivity index (χ4n) is 3.38. The predicted octanol–water partition coefficient (Wildman–Crippen LogP) is 5.37. The van der Waals surface area contributed by atoms with Gasteiger partial charge in [-0.3, -0.25) is 14.1 Å². The second-order valence-electron chi connectivity index (χ2n) is 8.07. The summed E-state index contributed by atoms with van der Waals surface area (Å²) in [6, 6.07) is 0. The number of aliphatic carboxylic acids is 1. The Balaban J connectivity index is -0.00000140. The van der Waals surface area contributed by atoms with Crippen LogP contribution in [0.4, 0.5) is 0 Å². The molecule has 9 heteroatoms. The van der Waals surface area contributed by atoms with Crippen LogP contribution in [0.2, 0.25) is 0 Å². The largest absolute Gasteiger partial charge is 2.00 e. The summed E-state index contributed by atoms with van der Waals surface area (Å²) in [5.74, 6) is -2.70. The Morgan fingerprint density at radius 2 is 1.13 bits per heavy atom. The van der Waals surface area contributed by atoms with Crippen molar-refractivity contribution >= 4 is 59.8 Å². The molecular weight excluding hydrogens is 448 g/mol. The van der Waals surface area contributed by atoms with Crippen LogP contribution in [0.5, 0.6) is 0 Å². The predicted molar refractivity (Wildman–Crippen MR) is 126 cm³/mol. The van der Waals surface area contributed by atoms with Gasteiger partial charge in [-0.05, 0) is 6.42 Å². The van der Waals surface area contributed by atoms with Crippen LogP contribution < -0.4 is 0 Å². The monoisotopic (exact) mass is 492 g/mol. The minimum atomic E-state index is -4.79. The zero-order valence-electron chi connectivity index (χ0n) is 21.4. The molecule has 0 aliphatic carbocycles. The molecule has 2 N–H and O–H groups in total. The van der Waals surface area contributed by atoms with Crippen LogP contribution in [-0.2, 0) is 24.4 Å². The van der Waals surface area contributed by atoms with Gasteiger partial charge in [0.1, 0.15) is 0 Å². The maximum atomic E-state index is 11.7. The van der Waals surface area contributed by atoms with Crippen molar-refractivity contribution < 1.29 is 35.3 Å². The van der Waals surface area contributed by atoms with Crippen LogP contribution in [0.1, 0.15) is 119 Å². The number of unbranched alkanes of at least 4 members (excludes halogenated alkanes) is 15. The minimum Gasteiger partial charge on any atom is -1.00 e. The third-order valence-electron chi connectivity index (χ3n) is 5.22. The number of rotatable bonds is 21. The number of carboxylic acids is 1. The average molecular weight is 493 g/mol. The summed E-state index contributed by atoms with van der Waals surface area (Å²) < 4.78 is 35.9. The van der Waals surface area contributed by atoms with Crippen LogP contribution in [-0.4, -0.2) is 79.6 Å². The van der Waals surface area contributed by atoms with Gasteiger partial charge in [0, 0.05) is 0 Å². The van der Waals surface area contributed by atoms with E-state index in [1.165, 1.54) is 77.0 Å². The van der Waals surface area contributed by atoms with E-state index in [1.54, 1.807) is 0 Å². The fourth-order valence-corrected chi connectivity index (χ4v) is 4.05. The average Bonchev–Trinajstić information content (AvgIpc) is 2.67. The summed E-state index contributed by atoms with van der Waals surface area (Å²) in [6.07, 6.45) is 18.5. The third kappa shape index (κ3) is 21.7. The van der Waals surface area contributed by atoms with E-state index in [1.807, 2.05) is 0 Å². The van der Waals surface area contributed by atoms with Crippen molar-refractivity contribution in [2.45, 2.75) is 121 Å². The van der Waals surface area contributed by atoms with Crippen LogP contribution in [0, 0.1) is 0 Å². The molecule has 7 nitrogen and oxygen atoms in total. The molecule has 1 unspecified atom stereocenters. The summed E-state index contributed by atoms with van der Waals surface area (Å²) in [5.41, 5.74) is 0. The molecule has 0 saturated heterocycles. The molecule has 0 bridgehead atoms. The van der Waals surface area contributed by atoms with E-state index in [0.29, 0.717) is 6.42 Å². The number of carbonyl (C=O) groups excluding carboxylic acids is 1. The Kier molecular flexibility index (Phi) is 23.5. The number of esters is 1. The molecule has 0 spiro atoms. The number of hydrogen-bond donors (Lipinski definition) is 2. The zero-order valence-corrected chi connectivity index (χ0v) is 22.4. The van der Waals surface area contributed by atoms with Crippen molar-refractivity contribution in [1.82, 2.24) is 0 Å². The molecule has 182 valence electrons. The van der Waals surface area contributed by atoms with Crippen molar-refractivity contribution in [2.24, 2.45) is 0 Å². The summed E-state index contributed by atoms with van der Waals surface area (Å²) in [4.78, 5) is 22.3. The molecule has 0 amide bonds. The molecule has 0 radical (unpaired) electrons. The Bertz CT molecular complexity index is 563. The molecule has 0 aromatic carbocycles. The Labute approximate surface area is 221 Å². The molecule has 1 atom stereocenters. The first-order valence-electron chi connectivity index (χ1n) is 11.6. The Hall–Kier alpha value is 0.110. The first-order valence-corrected chi connectivity index (χ1v) is 13.1. The summed E-state index contributed by atoms with van der Waals surface area (Å²) in [5, 5.41) is 6.57. The minimum absolute atomic E-state index is 0. The fraction of sp³-hybridized carbons (Fsp3) is 0.909. The van der Waals surface area contributed by atoms with Crippen LogP contribution in [0.25, 0.3) is 0 Å². The summed E-state index contributed by atoms with van der Waals surface area (Å²) in [6.45, 7) is 2.27. The van der Waals surface area contributed by atoms with Gasteiger partial charge in [0.05, 0.1) is 13.0 Å². The van der Waals surface area contributed by atoms with Crippen LogP contribution in [0.15, 0.2) is 0 Å². The number of carboxylic acid groups (broad SMARTS) is 1. The molecule has 0 heterocycles. The van der Waals surface area contributed by atoms with Crippen molar-refractivity contribution in [3.8, 4) is 0 Å². The van der Waals surface area contributed by atoms with E-state index in [0.717, 1.165) is 19.3 Å². The van der Waals surface area contributed by atoms with Gasteiger partial charge in [0.2, 0.25) is 0 Å². The Morgan fingerprint density at radius 1 is 0.774 bits per heavy atom. The van der Waals surface area contributed by atoms with Gasteiger partial charge in [0.15, 0.2) is 5.25 Å². The van der Waals surface area contributed by atoms with Crippen molar-refractivity contribution in [2.75, 3.05) is 6.61 Å². The van der Waals surface area contributed by atoms with E-state index in [9.17, 15) is 18.0 Å². The van der Waals surface area contributed by atoms with Gasteiger partial charge in [-0.1, -0.05) is 103 Å². The molecule has 0 aliphatic heterocycles. The SMILES string of the molecule is CCCCCCCCCCCCCCCCCCOC(=O)C(CC(=O)O)S(=O)(=O)O.[Ca+2].[H-].[H-]. The zero-order chi connectivity index (χ0) is 22.7. The van der Waals surface area contributed by atoms with E-state index in [2.05, 4.69) is 6.92 Å². The second-order valence-corrected chi connectivity index (χ2v) is 9.67. The van der Waals surface area contributed by atoms with Gasteiger partial charge < -0.3 is 12.7 Å². The van der Waals surface area contributed by atoms with E-state index in [4.69, 9.17) is 14.4 Å². The van der Waals surface area contributed by atoms with E-state index < -0.39 is 33.7 Å². The van der Waals surface area contributed by atoms with Gasteiger partial charge in [-0.2, -0.15) is 8.42 Å². The number of hydrogen-bond acceptors (Lipinski definition) is 5. The molecule has 0 saturated carbocycles. The topological polar surface area (TPSA) is 118 Å². The van der Waals surface area contributed by atoms with Crippen molar-refractivity contribution in [1.29, 1.82) is 0 Å². The first-order chi connectivity index (χ1) is 14.3. The molecule has 0 aromatic heterocycles. The molecule has 0 aliphatic rings. The van der Waals surface area contributed by atoms with Crippen molar-refractivity contribution in [3.05, 3.63) is 0 Å². The molecular formula is C22H44CaO7S.